The molecule has 0 radical (unpaired) electrons. The van der Waals surface area contributed by atoms with E-state index in [9.17, 15) is 35.6 Å². The summed E-state index contributed by atoms with van der Waals surface area (Å²) < 4.78 is 74.8. The van der Waals surface area contributed by atoms with Crippen molar-refractivity contribution in [1.29, 1.82) is 0 Å². The summed E-state index contributed by atoms with van der Waals surface area (Å²) >= 11 is 0.235. The monoisotopic (exact) mass is 457 g/mol. The summed E-state index contributed by atoms with van der Waals surface area (Å²) in [5, 5.41) is 1.02. The number of carbonyl (C=O) groups excluding carboxylic acids is 2. The lowest BCUT2D eigenvalue weighted by molar-refractivity contribution is -0.137. The molecule has 1 saturated heterocycles. The summed E-state index contributed by atoms with van der Waals surface area (Å²) in [5.74, 6) is 3.18. The highest BCUT2D eigenvalue weighted by Gasteiger charge is 2.58. The molecule has 3 rings (SSSR count). The summed E-state index contributed by atoms with van der Waals surface area (Å²) in [6.45, 7) is 0. The first-order valence-electron chi connectivity index (χ1n) is 8.16. The molecule has 1 unspecified atom stereocenters. The quantitative estimate of drug-likeness (QED) is 0.432. The molecule has 1 N–H and O–H groups in total. The van der Waals surface area contributed by atoms with E-state index in [4.69, 9.17) is 0 Å². The number of imide groups is 1. The van der Waals surface area contributed by atoms with E-state index >= 15 is 0 Å². The van der Waals surface area contributed by atoms with Crippen LogP contribution in [0.25, 0.3) is 0 Å². The highest BCUT2D eigenvalue weighted by molar-refractivity contribution is 8.25. The molecular weight excluding hydrogens is 446 g/mol. The summed E-state index contributed by atoms with van der Waals surface area (Å²) in [4.78, 5) is 23.7. The molecule has 1 atom stereocenters. The molecular formula is C19H11F4NO4S2. The number of sulfone groups is 1. The van der Waals surface area contributed by atoms with Crippen molar-refractivity contribution in [3.8, 4) is 11.8 Å². The second-order valence-electron chi connectivity index (χ2n) is 6.11. The maximum atomic E-state index is 13.2. The molecule has 1 fully saturated rings. The van der Waals surface area contributed by atoms with Gasteiger partial charge in [-0.15, -0.1) is 0 Å². The van der Waals surface area contributed by atoms with E-state index < -0.39 is 49.0 Å². The smallest absolute Gasteiger partial charge is 0.285 e. The van der Waals surface area contributed by atoms with Gasteiger partial charge in [0.25, 0.3) is 11.1 Å². The fourth-order valence-corrected chi connectivity index (χ4v) is 5.73. The Morgan fingerprint density at radius 1 is 1.00 bits per heavy atom. The molecule has 1 aliphatic heterocycles. The maximum absolute atomic E-state index is 13.2. The van der Waals surface area contributed by atoms with Crippen LogP contribution in [0.3, 0.4) is 0 Å². The largest absolute Gasteiger partial charge is 0.416 e. The normalized spacial score (nSPS) is 19.2. The average Bonchev–Trinajstić information content (AvgIpc) is 2.96. The summed E-state index contributed by atoms with van der Waals surface area (Å²) in [7, 11) is -4.47. The van der Waals surface area contributed by atoms with Crippen LogP contribution in [-0.4, -0.2) is 23.6 Å². The minimum absolute atomic E-state index is 0.159. The number of hydrogen-bond donors (Lipinski definition) is 1. The standard InChI is InChI=1S/C19H11F4NO4S2/c20-14-7-9-15(10-8-14)30(27,28)18(16(25)24-17(26)29-18)11-1-2-12-3-5-13(6-4-12)19(21,22)23/h3-10H,11H2,(H,24,25,26). The van der Waals surface area contributed by atoms with Crippen LogP contribution in [0.1, 0.15) is 17.5 Å². The van der Waals surface area contributed by atoms with Crippen LogP contribution < -0.4 is 5.32 Å². The van der Waals surface area contributed by atoms with Crippen molar-refractivity contribution >= 4 is 32.7 Å². The van der Waals surface area contributed by atoms with Crippen LogP contribution in [0.15, 0.2) is 53.4 Å². The van der Waals surface area contributed by atoms with Crippen LogP contribution >= 0.6 is 11.8 Å². The van der Waals surface area contributed by atoms with E-state index in [1.807, 2.05) is 5.32 Å². The molecule has 5 nitrogen and oxygen atoms in total. The number of carbonyl (C=O) groups is 2. The van der Waals surface area contributed by atoms with Gasteiger partial charge in [0.2, 0.25) is 13.9 Å². The molecule has 1 aliphatic rings. The molecule has 156 valence electrons. The van der Waals surface area contributed by atoms with E-state index in [1.165, 1.54) is 0 Å². The minimum atomic E-state index is -4.52. The fourth-order valence-electron chi connectivity index (χ4n) is 2.61. The van der Waals surface area contributed by atoms with Gasteiger partial charge in [-0.3, -0.25) is 14.9 Å². The number of nitrogens with one attached hydrogen (secondary N) is 1. The Bertz CT molecular complexity index is 1160. The molecule has 11 heteroatoms. The van der Waals surface area contributed by atoms with Gasteiger partial charge in [0, 0.05) is 12.0 Å². The molecule has 2 amide bonds. The zero-order valence-electron chi connectivity index (χ0n) is 14.8. The average molecular weight is 457 g/mol. The fraction of sp³-hybridized carbons (Fsp3) is 0.158. The predicted octanol–water partition coefficient (Wildman–Crippen LogP) is 3.74. The number of alkyl halides is 3. The van der Waals surface area contributed by atoms with Crippen LogP contribution in [0.5, 0.6) is 0 Å². The summed E-state index contributed by atoms with van der Waals surface area (Å²) in [6, 6.07) is 7.56. The van der Waals surface area contributed by atoms with Gasteiger partial charge in [-0.25, -0.2) is 12.8 Å². The molecule has 30 heavy (non-hydrogen) atoms. The van der Waals surface area contributed by atoms with Crippen LogP contribution in [0, 0.1) is 17.7 Å². The predicted molar refractivity (Wildman–Crippen MR) is 100 cm³/mol. The van der Waals surface area contributed by atoms with Crippen molar-refractivity contribution in [2.45, 2.75) is 21.6 Å². The van der Waals surface area contributed by atoms with Crippen molar-refractivity contribution < 1.29 is 35.6 Å². The van der Waals surface area contributed by atoms with Crippen molar-refractivity contribution in [3.05, 3.63) is 65.5 Å². The van der Waals surface area contributed by atoms with E-state index in [0.717, 1.165) is 48.5 Å². The Hall–Kier alpha value is -2.84. The Morgan fingerprint density at radius 3 is 2.10 bits per heavy atom. The minimum Gasteiger partial charge on any atom is -0.285 e. The molecule has 0 spiro atoms. The Kier molecular flexibility index (Phi) is 5.66. The molecule has 0 saturated carbocycles. The Balaban J connectivity index is 1.95. The number of amides is 2. The van der Waals surface area contributed by atoms with E-state index in [2.05, 4.69) is 11.8 Å². The molecule has 2 aromatic carbocycles. The van der Waals surface area contributed by atoms with Crippen molar-refractivity contribution in [2.24, 2.45) is 0 Å². The first-order valence-corrected chi connectivity index (χ1v) is 10.5. The first kappa shape index (κ1) is 21.9. The molecule has 0 aromatic heterocycles. The summed E-state index contributed by atoms with van der Waals surface area (Å²) in [5.41, 5.74) is -0.716. The van der Waals surface area contributed by atoms with Crippen LogP contribution in [0.4, 0.5) is 22.4 Å². The number of hydrogen-bond acceptors (Lipinski definition) is 5. The van der Waals surface area contributed by atoms with Gasteiger partial charge in [-0.2, -0.15) is 13.2 Å². The number of rotatable bonds is 3. The Morgan fingerprint density at radius 2 is 1.60 bits per heavy atom. The maximum Gasteiger partial charge on any atom is 0.416 e. The lowest BCUT2D eigenvalue weighted by Crippen LogP contribution is -2.43. The van der Waals surface area contributed by atoms with Gasteiger partial charge < -0.3 is 0 Å². The Labute approximate surface area is 172 Å². The third-order valence-electron chi connectivity index (χ3n) is 4.14. The number of thioether (sulfide) groups is 1. The zero-order chi connectivity index (χ0) is 22.2. The molecule has 2 aromatic rings. The molecule has 0 aliphatic carbocycles. The third kappa shape index (κ3) is 4.06. The lowest BCUT2D eigenvalue weighted by atomic mass is 10.1. The highest BCUT2D eigenvalue weighted by Crippen LogP contribution is 2.43. The van der Waals surface area contributed by atoms with Gasteiger partial charge in [-0.05, 0) is 60.3 Å². The molecule has 1 heterocycles. The van der Waals surface area contributed by atoms with Crippen LogP contribution in [0.2, 0.25) is 0 Å². The molecule has 0 bridgehead atoms. The first-order chi connectivity index (χ1) is 14.0. The van der Waals surface area contributed by atoms with Crippen LogP contribution in [-0.2, 0) is 20.8 Å². The summed E-state index contributed by atoms with van der Waals surface area (Å²) in [6.07, 6.45) is -5.13. The number of benzene rings is 2. The van der Waals surface area contributed by atoms with Crippen molar-refractivity contribution in [3.63, 3.8) is 0 Å². The van der Waals surface area contributed by atoms with Gasteiger partial charge in [0.1, 0.15) is 5.82 Å². The highest BCUT2D eigenvalue weighted by atomic mass is 32.3. The van der Waals surface area contributed by atoms with Gasteiger partial charge in [0.05, 0.1) is 10.5 Å². The van der Waals surface area contributed by atoms with Gasteiger partial charge in [0.15, 0.2) is 0 Å². The SMILES string of the molecule is O=C1NC(=O)C(CC#Cc2ccc(C(F)(F)F)cc2)(S(=O)(=O)c2ccc(F)cc2)S1. The van der Waals surface area contributed by atoms with E-state index in [0.29, 0.717) is 0 Å². The van der Waals surface area contributed by atoms with Crippen molar-refractivity contribution in [1.82, 2.24) is 5.32 Å². The second kappa shape index (κ2) is 7.77. The lowest BCUT2D eigenvalue weighted by Gasteiger charge is -2.22. The second-order valence-corrected chi connectivity index (χ2v) is 9.81. The topological polar surface area (TPSA) is 80.3 Å². The third-order valence-corrected chi connectivity index (χ3v) is 8.09. The van der Waals surface area contributed by atoms with Crippen molar-refractivity contribution in [2.75, 3.05) is 0 Å². The van der Waals surface area contributed by atoms with Gasteiger partial charge in [-0.1, -0.05) is 11.8 Å². The zero-order valence-corrected chi connectivity index (χ0v) is 16.4. The van der Waals surface area contributed by atoms with E-state index in [1.54, 1.807) is 0 Å². The van der Waals surface area contributed by atoms with E-state index in [-0.39, 0.29) is 22.2 Å². The number of halogens is 4. The van der Waals surface area contributed by atoms with Gasteiger partial charge >= 0.3 is 6.18 Å².